The summed E-state index contributed by atoms with van der Waals surface area (Å²) < 4.78 is 16.7. The number of carbonyl (C=O) groups excluding carboxylic acids is 3. The van der Waals surface area contributed by atoms with Gasteiger partial charge in [-0.2, -0.15) is 0 Å². The molecular weight excluding hydrogens is 757 g/mol. The van der Waals surface area contributed by atoms with Gasteiger partial charge in [-0.3, -0.25) is 14.4 Å². The zero-order valence-corrected chi connectivity index (χ0v) is 40.2. The second kappa shape index (κ2) is 49.8. The van der Waals surface area contributed by atoms with Crippen LogP contribution in [0.1, 0.15) is 252 Å². The Morgan fingerprint density at radius 2 is 0.639 bits per heavy atom. The van der Waals surface area contributed by atoms with E-state index in [-0.39, 0.29) is 44.0 Å². The first kappa shape index (κ1) is 58.1. The van der Waals surface area contributed by atoms with Crippen molar-refractivity contribution in [3.05, 3.63) is 60.8 Å². The van der Waals surface area contributed by atoms with E-state index in [1.54, 1.807) is 0 Å². The van der Waals surface area contributed by atoms with Crippen LogP contribution in [0.25, 0.3) is 0 Å². The van der Waals surface area contributed by atoms with Crippen molar-refractivity contribution in [3.63, 3.8) is 0 Å². The molecule has 1 unspecified atom stereocenters. The lowest BCUT2D eigenvalue weighted by Crippen LogP contribution is -2.30. The van der Waals surface area contributed by atoms with Crippen LogP contribution in [-0.4, -0.2) is 37.2 Å². The fourth-order valence-electron chi connectivity index (χ4n) is 7.10. The zero-order chi connectivity index (χ0) is 44.4. The molecule has 0 aliphatic rings. The lowest BCUT2D eigenvalue weighted by atomic mass is 10.0. The van der Waals surface area contributed by atoms with E-state index in [2.05, 4.69) is 75.5 Å². The molecule has 0 heterocycles. The highest BCUT2D eigenvalue weighted by atomic mass is 16.6. The average molecular weight is 853 g/mol. The smallest absolute Gasteiger partial charge is 0.306 e. The molecule has 352 valence electrons. The summed E-state index contributed by atoms with van der Waals surface area (Å²) in [5, 5.41) is 0. The molecule has 1 atom stereocenters. The first-order chi connectivity index (χ1) is 30.0. The summed E-state index contributed by atoms with van der Waals surface area (Å²) in [5.74, 6) is -1.03. The summed E-state index contributed by atoms with van der Waals surface area (Å²) in [6, 6.07) is 0. The van der Waals surface area contributed by atoms with Crippen LogP contribution in [0.15, 0.2) is 60.8 Å². The van der Waals surface area contributed by atoms with Crippen molar-refractivity contribution < 1.29 is 28.6 Å². The first-order valence-corrected chi connectivity index (χ1v) is 25.8. The van der Waals surface area contributed by atoms with Crippen LogP contribution < -0.4 is 0 Å². The summed E-state index contributed by atoms with van der Waals surface area (Å²) in [6.07, 6.45) is 60.8. The van der Waals surface area contributed by atoms with E-state index in [1.807, 2.05) is 6.08 Å². The highest BCUT2D eigenvalue weighted by Crippen LogP contribution is 2.14. The van der Waals surface area contributed by atoms with Crippen molar-refractivity contribution in [2.45, 2.75) is 258 Å². The molecule has 0 aliphatic carbocycles. The largest absolute Gasteiger partial charge is 0.462 e. The van der Waals surface area contributed by atoms with Crippen molar-refractivity contribution in [1.82, 2.24) is 0 Å². The maximum atomic E-state index is 12.7. The molecule has 0 rings (SSSR count). The third kappa shape index (κ3) is 48.0. The van der Waals surface area contributed by atoms with Gasteiger partial charge in [0.25, 0.3) is 0 Å². The van der Waals surface area contributed by atoms with E-state index in [0.29, 0.717) is 19.3 Å². The van der Waals surface area contributed by atoms with E-state index < -0.39 is 6.10 Å². The maximum Gasteiger partial charge on any atom is 0.306 e. The maximum absolute atomic E-state index is 12.7. The molecule has 0 fully saturated rings. The van der Waals surface area contributed by atoms with Gasteiger partial charge in [-0.15, -0.1) is 0 Å². The van der Waals surface area contributed by atoms with Gasteiger partial charge in [-0.05, 0) is 70.6 Å². The number of rotatable bonds is 46. The number of hydrogen-bond acceptors (Lipinski definition) is 6. The molecular formula is C55H96O6. The van der Waals surface area contributed by atoms with Crippen LogP contribution in [0, 0.1) is 0 Å². The van der Waals surface area contributed by atoms with E-state index in [4.69, 9.17) is 14.2 Å². The normalized spacial score (nSPS) is 12.5. The Morgan fingerprint density at radius 1 is 0.328 bits per heavy atom. The van der Waals surface area contributed by atoms with Gasteiger partial charge in [-0.1, -0.05) is 223 Å². The Morgan fingerprint density at radius 3 is 1.05 bits per heavy atom. The molecule has 6 heteroatoms. The Bertz CT molecular complexity index is 1120. The number of carbonyl (C=O) groups is 3. The Hall–Kier alpha value is -2.89. The molecule has 0 aromatic rings. The minimum absolute atomic E-state index is 0.110. The molecule has 0 aliphatic heterocycles. The van der Waals surface area contributed by atoms with Crippen LogP contribution in [0.4, 0.5) is 0 Å². The summed E-state index contributed by atoms with van der Waals surface area (Å²) >= 11 is 0. The SMILES string of the molecule is CCCCCCCC/C=C\C/C=C\C/C=C\CCCC(=O)OCC(COC(=O)CCCCCCCCCCCCCCC)OC(=O)CC/C=C\C/C=C\CCCCCCCC. The third-order valence-electron chi connectivity index (χ3n) is 11.0. The van der Waals surface area contributed by atoms with Crippen molar-refractivity contribution >= 4 is 17.9 Å². The molecule has 61 heavy (non-hydrogen) atoms. The molecule has 0 saturated carbocycles. The van der Waals surface area contributed by atoms with Crippen LogP contribution in [-0.2, 0) is 28.6 Å². The van der Waals surface area contributed by atoms with E-state index in [0.717, 1.165) is 51.4 Å². The molecule has 0 radical (unpaired) electrons. The second-order valence-electron chi connectivity index (χ2n) is 17.1. The fourth-order valence-corrected chi connectivity index (χ4v) is 7.10. The molecule has 0 saturated heterocycles. The van der Waals surface area contributed by atoms with E-state index >= 15 is 0 Å². The third-order valence-corrected chi connectivity index (χ3v) is 11.0. The Balaban J connectivity index is 4.50. The number of allylic oxidation sites excluding steroid dienone is 10. The highest BCUT2D eigenvalue weighted by Gasteiger charge is 2.19. The number of hydrogen-bond donors (Lipinski definition) is 0. The van der Waals surface area contributed by atoms with Gasteiger partial charge in [0.15, 0.2) is 6.10 Å². The summed E-state index contributed by atoms with van der Waals surface area (Å²) in [7, 11) is 0. The van der Waals surface area contributed by atoms with Crippen LogP contribution >= 0.6 is 0 Å². The van der Waals surface area contributed by atoms with Gasteiger partial charge in [0.05, 0.1) is 0 Å². The van der Waals surface area contributed by atoms with Crippen LogP contribution in [0.5, 0.6) is 0 Å². The van der Waals surface area contributed by atoms with Gasteiger partial charge in [0.2, 0.25) is 0 Å². The van der Waals surface area contributed by atoms with Crippen LogP contribution in [0.3, 0.4) is 0 Å². The van der Waals surface area contributed by atoms with E-state index in [9.17, 15) is 14.4 Å². The summed E-state index contributed by atoms with van der Waals surface area (Å²) in [6.45, 7) is 6.53. The topological polar surface area (TPSA) is 78.9 Å². The number of unbranched alkanes of at least 4 members (excludes halogenated alkanes) is 25. The van der Waals surface area contributed by atoms with E-state index in [1.165, 1.54) is 148 Å². The summed E-state index contributed by atoms with van der Waals surface area (Å²) in [4.78, 5) is 37.9. The first-order valence-electron chi connectivity index (χ1n) is 25.8. The van der Waals surface area contributed by atoms with Crippen molar-refractivity contribution in [2.24, 2.45) is 0 Å². The van der Waals surface area contributed by atoms with Crippen molar-refractivity contribution in [1.29, 1.82) is 0 Å². The molecule has 0 bridgehead atoms. The average Bonchev–Trinajstić information content (AvgIpc) is 3.26. The summed E-state index contributed by atoms with van der Waals surface area (Å²) in [5.41, 5.74) is 0. The predicted octanol–water partition coefficient (Wildman–Crippen LogP) is 16.9. The number of ether oxygens (including phenoxy) is 3. The molecule has 0 N–H and O–H groups in total. The standard InChI is InChI=1S/C55H96O6/c1-4-7-10-13-16-19-22-25-26-27-28-31-33-36-39-42-45-48-54(57)60-51-52(61-55(58)49-46-43-40-37-34-30-24-21-18-15-12-9-6-3)50-59-53(56)47-44-41-38-35-32-29-23-20-17-14-11-8-5-2/h25-26,28,30-31,34,36,39-40,43,52H,4-24,27,29,32-33,35,37-38,41-42,44-51H2,1-3H3/b26-25-,31-28-,34-30-,39-36-,43-40-. The fraction of sp³-hybridized carbons (Fsp3) is 0.764. The highest BCUT2D eigenvalue weighted by molar-refractivity contribution is 5.71. The second-order valence-corrected chi connectivity index (χ2v) is 17.1. The number of esters is 3. The zero-order valence-electron chi connectivity index (χ0n) is 40.2. The monoisotopic (exact) mass is 853 g/mol. The Labute approximate surface area is 377 Å². The van der Waals surface area contributed by atoms with Crippen molar-refractivity contribution in [3.8, 4) is 0 Å². The molecule has 0 amide bonds. The van der Waals surface area contributed by atoms with Crippen molar-refractivity contribution in [2.75, 3.05) is 13.2 Å². The minimum atomic E-state index is -0.821. The molecule has 0 aromatic heterocycles. The molecule has 0 aromatic carbocycles. The lowest BCUT2D eigenvalue weighted by molar-refractivity contribution is -0.166. The van der Waals surface area contributed by atoms with Crippen LogP contribution in [0.2, 0.25) is 0 Å². The van der Waals surface area contributed by atoms with Gasteiger partial charge < -0.3 is 14.2 Å². The Kier molecular flexibility index (Phi) is 47.4. The molecule has 6 nitrogen and oxygen atoms in total. The minimum Gasteiger partial charge on any atom is -0.462 e. The van der Waals surface area contributed by atoms with Gasteiger partial charge in [0, 0.05) is 19.3 Å². The van der Waals surface area contributed by atoms with Gasteiger partial charge in [-0.25, -0.2) is 0 Å². The van der Waals surface area contributed by atoms with Gasteiger partial charge >= 0.3 is 17.9 Å². The predicted molar refractivity (Wildman–Crippen MR) is 261 cm³/mol. The lowest BCUT2D eigenvalue weighted by Gasteiger charge is -2.18. The van der Waals surface area contributed by atoms with Gasteiger partial charge in [0.1, 0.15) is 13.2 Å². The molecule has 0 spiro atoms. The quantitative estimate of drug-likeness (QED) is 0.0263.